The van der Waals surface area contributed by atoms with Crippen LogP contribution >= 0.6 is 0 Å². The highest BCUT2D eigenvalue weighted by Crippen LogP contribution is 1.98. The zero-order chi connectivity index (χ0) is 12.6. The van der Waals surface area contributed by atoms with Crippen molar-refractivity contribution in [2.45, 2.75) is 32.2 Å². The third-order valence-electron chi connectivity index (χ3n) is 2.19. The zero-order valence-electron chi connectivity index (χ0n) is 9.69. The van der Waals surface area contributed by atoms with Crippen molar-refractivity contribution in [3.63, 3.8) is 0 Å². The van der Waals surface area contributed by atoms with Crippen molar-refractivity contribution in [3.05, 3.63) is 0 Å². The normalized spacial score (nSPS) is 11.3. The van der Waals surface area contributed by atoms with Crippen molar-refractivity contribution in [1.82, 2.24) is 10.2 Å². The molecule has 0 aliphatic carbocycles. The third-order valence-corrected chi connectivity index (χ3v) is 2.19. The lowest BCUT2D eigenvalue weighted by atomic mass is 10.1. The van der Waals surface area contributed by atoms with Gasteiger partial charge < -0.3 is 15.3 Å². The third kappa shape index (κ3) is 5.91. The van der Waals surface area contributed by atoms with Crippen LogP contribution in [0.5, 0.6) is 0 Å². The number of hydrogen-bond donors (Lipinski definition) is 2. The largest absolute Gasteiger partial charge is 0.481 e. The molecule has 5 heteroatoms. The van der Waals surface area contributed by atoms with Crippen LogP contribution in [-0.4, -0.2) is 41.6 Å². The van der Waals surface area contributed by atoms with E-state index in [0.29, 0.717) is 6.42 Å². The average Bonchev–Trinajstić information content (AvgIpc) is 2.24. The van der Waals surface area contributed by atoms with E-state index in [1.54, 1.807) is 7.05 Å². The number of aliphatic carboxylic acids is 1. The lowest BCUT2D eigenvalue weighted by Crippen LogP contribution is -2.43. The maximum Gasteiger partial charge on any atom is 0.317 e. The Morgan fingerprint density at radius 1 is 1.56 bits per heavy atom. The minimum atomic E-state index is -0.921. The van der Waals surface area contributed by atoms with Gasteiger partial charge in [-0.3, -0.25) is 4.79 Å². The smallest absolute Gasteiger partial charge is 0.317 e. The Kier molecular flexibility index (Phi) is 6.77. The van der Waals surface area contributed by atoms with E-state index in [2.05, 4.69) is 11.2 Å². The first kappa shape index (κ1) is 14.3. The molecule has 0 aromatic carbocycles. The highest BCUT2D eigenvalue weighted by atomic mass is 16.4. The molecule has 1 unspecified atom stereocenters. The fourth-order valence-electron chi connectivity index (χ4n) is 1.09. The maximum absolute atomic E-state index is 11.6. The first-order chi connectivity index (χ1) is 7.51. The topological polar surface area (TPSA) is 69.6 Å². The molecule has 0 heterocycles. The summed E-state index contributed by atoms with van der Waals surface area (Å²) in [6.07, 6.45) is 6.34. The van der Waals surface area contributed by atoms with Gasteiger partial charge in [0.05, 0.1) is 6.42 Å². The van der Waals surface area contributed by atoms with Crippen LogP contribution in [-0.2, 0) is 4.79 Å². The van der Waals surface area contributed by atoms with Crippen molar-refractivity contribution in [3.8, 4) is 12.3 Å². The quantitative estimate of drug-likeness (QED) is 0.661. The number of terminal acetylenes is 1. The average molecular weight is 226 g/mol. The highest BCUT2D eigenvalue weighted by molar-refractivity contribution is 5.75. The van der Waals surface area contributed by atoms with Gasteiger partial charge in [0.15, 0.2) is 0 Å². The van der Waals surface area contributed by atoms with Crippen LogP contribution in [0.3, 0.4) is 0 Å². The summed E-state index contributed by atoms with van der Waals surface area (Å²) < 4.78 is 0. The molecule has 16 heavy (non-hydrogen) atoms. The lowest BCUT2D eigenvalue weighted by molar-refractivity contribution is -0.137. The standard InChI is InChI=1S/C11H18N2O3/c1-4-6-9(5-2)12-11(16)13(3)8-7-10(14)15/h1,9H,5-8H2,2-3H3,(H,12,16)(H,14,15). The van der Waals surface area contributed by atoms with Crippen molar-refractivity contribution >= 4 is 12.0 Å². The number of carboxylic acids is 1. The van der Waals surface area contributed by atoms with Gasteiger partial charge >= 0.3 is 12.0 Å². The van der Waals surface area contributed by atoms with Gasteiger partial charge in [0.2, 0.25) is 0 Å². The highest BCUT2D eigenvalue weighted by Gasteiger charge is 2.13. The number of rotatable bonds is 6. The second kappa shape index (κ2) is 7.57. The minimum absolute atomic E-state index is 0.0511. The molecule has 0 saturated heterocycles. The Hall–Kier alpha value is -1.70. The molecule has 0 fully saturated rings. The Morgan fingerprint density at radius 3 is 2.62 bits per heavy atom. The van der Waals surface area contributed by atoms with Crippen molar-refractivity contribution in [2.24, 2.45) is 0 Å². The molecule has 0 bridgehead atoms. The van der Waals surface area contributed by atoms with Gasteiger partial charge in [-0.05, 0) is 6.42 Å². The van der Waals surface area contributed by atoms with Crippen molar-refractivity contribution in [1.29, 1.82) is 0 Å². The molecule has 2 amide bonds. The summed E-state index contributed by atoms with van der Waals surface area (Å²) in [6, 6.07) is -0.340. The van der Waals surface area contributed by atoms with Gasteiger partial charge in [-0.25, -0.2) is 4.79 Å². The van der Waals surface area contributed by atoms with E-state index in [9.17, 15) is 9.59 Å². The predicted octanol–water partition coefficient (Wildman–Crippen LogP) is 0.904. The Morgan fingerprint density at radius 2 is 2.19 bits per heavy atom. The number of nitrogens with zero attached hydrogens (tertiary/aromatic N) is 1. The number of carbonyl (C=O) groups excluding carboxylic acids is 1. The summed E-state index contributed by atoms with van der Waals surface area (Å²) in [6.45, 7) is 2.12. The molecule has 0 radical (unpaired) electrons. The van der Waals surface area contributed by atoms with Crippen LogP contribution in [0.25, 0.3) is 0 Å². The Labute approximate surface area is 95.8 Å². The van der Waals surface area contributed by atoms with Crippen LogP contribution in [0.1, 0.15) is 26.2 Å². The molecular formula is C11H18N2O3. The van der Waals surface area contributed by atoms with Crippen molar-refractivity contribution < 1.29 is 14.7 Å². The van der Waals surface area contributed by atoms with E-state index in [1.165, 1.54) is 4.90 Å². The number of hydrogen-bond acceptors (Lipinski definition) is 2. The van der Waals surface area contributed by atoms with Crippen LogP contribution in [0.15, 0.2) is 0 Å². The number of amides is 2. The molecule has 0 rings (SSSR count). The second-order valence-electron chi connectivity index (χ2n) is 3.53. The number of carboxylic acid groups (broad SMARTS) is 1. The first-order valence-corrected chi connectivity index (χ1v) is 5.18. The van der Waals surface area contributed by atoms with Crippen LogP contribution in [0.2, 0.25) is 0 Å². The van der Waals surface area contributed by atoms with E-state index in [0.717, 1.165) is 6.42 Å². The fourth-order valence-corrected chi connectivity index (χ4v) is 1.09. The van der Waals surface area contributed by atoms with E-state index in [1.807, 2.05) is 6.92 Å². The molecule has 0 aromatic rings. The van der Waals surface area contributed by atoms with Gasteiger partial charge in [-0.1, -0.05) is 6.92 Å². The molecule has 0 aliphatic heterocycles. The van der Waals surface area contributed by atoms with Crippen LogP contribution in [0.4, 0.5) is 4.79 Å². The Balaban J connectivity index is 4.03. The molecular weight excluding hydrogens is 208 g/mol. The predicted molar refractivity (Wildman–Crippen MR) is 60.9 cm³/mol. The molecule has 5 nitrogen and oxygen atoms in total. The second-order valence-corrected chi connectivity index (χ2v) is 3.53. The molecule has 1 atom stereocenters. The molecule has 0 spiro atoms. The zero-order valence-corrected chi connectivity index (χ0v) is 9.69. The molecule has 0 aliphatic rings. The molecule has 0 aromatic heterocycles. The van der Waals surface area contributed by atoms with Gasteiger partial charge in [0.1, 0.15) is 0 Å². The van der Waals surface area contributed by atoms with Crippen LogP contribution in [0, 0.1) is 12.3 Å². The fraction of sp³-hybridized carbons (Fsp3) is 0.636. The molecule has 0 saturated carbocycles. The number of carbonyl (C=O) groups is 2. The summed E-state index contributed by atoms with van der Waals surface area (Å²) in [4.78, 5) is 23.2. The minimum Gasteiger partial charge on any atom is -0.481 e. The number of urea groups is 1. The number of nitrogens with one attached hydrogen (secondary N) is 1. The maximum atomic E-state index is 11.6. The van der Waals surface area contributed by atoms with E-state index in [-0.39, 0.29) is 25.0 Å². The van der Waals surface area contributed by atoms with Gasteiger partial charge in [-0.2, -0.15) is 0 Å². The molecule has 2 N–H and O–H groups in total. The monoisotopic (exact) mass is 226 g/mol. The first-order valence-electron chi connectivity index (χ1n) is 5.18. The van der Waals surface area contributed by atoms with Gasteiger partial charge in [0.25, 0.3) is 0 Å². The van der Waals surface area contributed by atoms with E-state index >= 15 is 0 Å². The summed E-state index contributed by atoms with van der Waals surface area (Å²) in [5, 5.41) is 11.2. The van der Waals surface area contributed by atoms with Crippen LogP contribution < -0.4 is 5.32 Å². The summed E-state index contributed by atoms with van der Waals surface area (Å²) in [5.74, 6) is 1.56. The van der Waals surface area contributed by atoms with Gasteiger partial charge in [0, 0.05) is 26.1 Å². The molecule has 90 valence electrons. The van der Waals surface area contributed by atoms with Crippen molar-refractivity contribution in [2.75, 3.05) is 13.6 Å². The summed E-state index contributed by atoms with van der Waals surface area (Å²) >= 11 is 0. The van der Waals surface area contributed by atoms with E-state index in [4.69, 9.17) is 11.5 Å². The van der Waals surface area contributed by atoms with E-state index < -0.39 is 5.97 Å². The summed E-state index contributed by atoms with van der Waals surface area (Å²) in [5.41, 5.74) is 0. The Bertz CT molecular complexity index is 283. The van der Waals surface area contributed by atoms with Gasteiger partial charge in [-0.15, -0.1) is 12.3 Å². The SMILES string of the molecule is C#CCC(CC)NC(=O)N(C)CCC(=O)O. The summed E-state index contributed by atoms with van der Waals surface area (Å²) in [7, 11) is 1.56. The lowest BCUT2D eigenvalue weighted by Gasteiger charge is -2.21.